The van der Waals surface area contributed by atoms with Gasteiger partial charge in [-0.05, 0) is 55.6 Å². The van der Waals surface area contributed by atoms with E-state index in [1.54, 1.807) is 6.20 Å². The molecule has 3 rings (SSSR count). The van der Waals surface area contributed by atoms with Crippen LogP contribution in [0.5, 0.6) is 5.75 Å². The quantitative estimate of drug-likeness (QED) is 0.649. The predicted octanol–water partition coefficient (Wildman–Crippen LogP) is 3.07. The van der Waals surface area contributed by atoms with Gasteiger partial charge in [0.1, 0.15) is 0 Å². The molecule has 2 fully saturated rings. The second kappa shape index (κ2) is 8.52. The van der Waals surface area contributed by atoms with Crippen molar-refractivity contribution in [2.24, 2.45) is 11.8 Å². The van der Waals surface area contributed by atoms with Crippen molar-refractivity contribution in [2.45, 2.75) is 51.4 Å². The average molecular weight is 360 g/mol. The first kappa shape index (κ1) is 18.7. The molecule has 0 bridgehead atoms. The summed E-state index contributed by atoms with van der Waals surface area (Å²) in [5.74, 6) is 0.775. The smallest absolute Gasteiger partial charge is 0.310 e. The van der Waals surface area contributed by atoms with Crippen LogP contribution in [-0.2, 0) is 9.53 Å². The molecule has 1 aromatic rings. The normalized spacial score (nSPS) is 17.5. The van der Waals surface area contributed by atoms with Gasteiger partial charge in [-0.1, -0.05) is 13.3 Å². The van der Waals surface area contributed by atoms with Crippen LogP contribution < -0.4 is 10.1 Å². The molecule has 6 nitrogen and oxygen atoms in total. The van der Waals surface area contributed by atoms with Gasteiger partial charge in [0.2, 0.25) is 0 Å². The third-order valence-corrected chi connectivity index (χ3v) is 4.99. The van der Waals surface area contributed by atoms with Gasteiger partial charge in [-0.25, -0.2) is 4.98 Å². The molecule has 2 aliphatic carbocycles. The summed E-state index contributed by atoms with van der Waals surface area (Å²) in [5.41, 5.74) is 1.45. The van der Waals surface area contributed by atoms with E-state index >= 15 is 0 Å². The third kappa shape index (κ3) is 4.96. The molecule has 2 aliphatic rings. The molecule has 0 spiro atoms. The Morgan fingerprint density at radius 3 is 2.69 bits per heavy atom. The van der Waals surface area contributed by atoms with E-state index in [2.05, 4.69) is 10.3 Å². The fraction of sp³-hybridized carbons (Fsp3) is 0.650. The molecule has 26 heavy (non-hydrogen) atoms. The minimum absolute atomic E-state index is 0.244. The molecule has 6 heteroatoms. The van der Waals surface area contributed by atoms with Gasteiger partial charge in [0.15, 0.2) is 11.4 Å². The van der Waals surface area contributed by atoms with E-state index in [0.29, 0.717) is 36.3 Å². The number of pyridine rings is 1. The number of hydrogen-bond acceptors (Lipinski definition) is 5. The zero-order valence-electron chi connectivity index (χ0n) is 15.6. The number of ether oxygens (including phenoxy) is 2. The Morgan fingerprint density at radius 1 is 1.31 bits per heavy atom. The largest absolute Gasteiger partial charge is 0.491 e. The Labute approximate surface area is 154 Å². The topological polar surface area (TPSA) is 77.5 Å². The van der Waals surface area contributed by atoms with Gasteiger partial charge in [0, 0.05) is 12.7 Å². The zero-order chi connectivity index (χ0) is 18.5. The predicted molar refractivity (Wildman–Crippen MR) is 97.2 cm³/mol. The Balaban J connectivity index is 1.67. The van der Waals surface area contributed by atoms with Gasteiger partial charge in [0.25, 0.3) is 5.91 Å². The van der Waals surface area contributed by atoms with Crippen molar-refractivity contribution in [2.75, 3.05) is 20.3 Å². The molecule has 0 radical (unpaired) electrons. The van der Waals surface area contributed by atoms with Crippen LogP contribution in [0.1, 0.15) is 67.4 Å². The van der Waals surface area contributed by atoms with Crippen LogP contribution in [0.2, 0.25) is 0 Å². The Morgan fingerprint density at radius 2 is 2.08 bits per heavy atom. The average Bonchev–Trinajstić information content (AvgIpc) is 3.55. The standard InChI is InChI=1S/C20H28N2O4/c1-3-4-15(20(24)25-2)10-22-19(23)18-17(26-12-13-5-6-13)9-16(11-21-18)14-7-8-14/h9,11,13-15H,3-8,10,12H2,1-2H3,(H,22,23)/t15-/m0/s1. The number of hydrogen-bond donors (Lipinski definition) is 1. The number of nitrogens with zero attached hydrogens (tertiary/aromatic N) is 1. The zero-order valence-corrected chi connectivity index (χ0v) is 15.6. The van der Waals surface area contributed by atoms with Crippen LogP contribution in [0.4, 0.5) is 0 Å². The molecule has 1 amide bonds. The van der Waals surface area contributed by atoms with Gasteiger partial charge in [-0.3, -0.25) is 9.59 Å². The number of esters is 1. The second-order valence-electron chi connectivity index (χ2n) is 7.36. The summed E-state index contributed by atoms with van der Waals surface area (Å²) >= 11 is 0. The van der Waals surface area contributed by atoms with E-state index in [0.717, 1.165) is 12.0 Å². The van der Waals surface area contributed by atoms with E-state index in [1.165, 1.54) is 32.8 Å². The number of carbonyl (C=O) groups is 2. The van der Waals surface area contributed by atoms with Gasteiger partial charge in [0.05, 0.1) is 19.6 Å². The maximum absolute atomic E-state index is 12.6. The fourth-order valence-corrected chi connectivity index (χ4v) is 2.99. The van der Waals surface area contributed by atoms with Gasteiger partial charge < -0.3 is 14.8 Å². The van der Waals surface area contributed by atoms with Gasteiger partial charge in [-0.2, -0.15) is 0 Å². The molecule has 1 N–H and O–H groups in total. The summed E-state index contributed by atoms with van der Waals surface area (Å²) in [5, 5.41) is 2.82. The maximum atomic E-state index is 12.6. The van der Waals surface area contributed by atoms with Crippen LogP contribution in [0.25, 0.3) is 0 Å². The molecular formula is C20H28N2O4. The monoisotopic (exact) mass is 360 g/mol. The van der Waals surface area contributed by atoms with Crippen LogP contribution in [-0.4, -0.2) is 37.1 Å². The van der Waals surface area contributed by atoms with E-state index in [-0.39, 0.29) is 24.3 Å². The lowest BCUT2D eigenvalue weighted by atomic mass is 10.0. The summed E-state index contributed by atoms with van der Waals surface area (Å²) in [7, 11) is 1.37. The Kier molecular flexibility index (Phi) is 6.12. The van der Waals surface area contributed by atoms with Crippen LogP contribution in [0, 0.1) is 11.8 Å². The molecule has 0 aliphatic heterocycles. The van der Waals surface area contributed by atoms with Crippen molar-refractivity contribution in [3.8, 4) is 5.75 Å². The number of nitrogens with one attached hydrogen (secondary N) is 1. The van der Waals surface area contributed by atoms with Crippen molar-refractivity contribution in [3.05, 3.63) is 23.5 Å². The lowest BCUT2D eigenvalue weighted by Crippen LogP contribution is -2.34. The summed E-state index contributed by atoms with van der Waals surface area (Å²) < 4.78 is 10.7. The lowest BCUT2D eigenvalue weighted by molar-refractivity contribution is -0.145. The number of carbonyl (C=O) groups excluding carboxylic acids is 2. The van der Waals surface area contributed by atoms with Crippen molar-refractivity contribution in [1.82, 2.24) is 10.3 Å². The molecule has 1 atom stereocenters. The number of rotatable bonds is 10. The summed E-state index contributed by atoms with van der Waals surface area (Å²) in [6.07, 6.45) is 8.02. The number of amides is 1. The minimum atomic E-state index is -0.337. The first-order valence-corrected chi connectivity index (χ1v) is 9.61. The number of aromatic nitrogens is 1. The van der Waals surface area contributed by atoms with Crippen LogP contribution in [0.15, 0.2) is 12.3 Å². The van der Waals surface area contributed by atoms with Crippen molar-refractivity contribution in [1.29, 1.82) is 0 Å². The molecule has 0 unspecified atom stereocenters. The molecule has 0 aromatic carbocycles. The molecule has 142 valence electrons. The van der Waals surface area contributed by atoms with Crippen LogP contribution in [0.3, 0.4) is 0 Å². The van der Waals surface area contributed by atoms with Gasteiger partial charge in [-0.15, -0.1) is 0 Å². The first-order valence-electron chi connectivity index (χ1n) is 9.61. The highest BCUT2D eigenvalue weighted by molar-refractivity contribution is 5.95. The maximum Gasteiger partial charge on any atom is 0.310 e. The van der Waals surface area contributed by atoms with E-state index in [1.807, 2.05) is 13.0 Å². The van der Waals surface area contributed by atoms with E-state index in [4.69, 9.17) is 9.47 Å². The first-order chi connectivity index (χ1) is 12.6. The van der Waals surface area contributed by atoms with Crippen LogP contribution >= 0.6 is 0 Å². The Bertz CT molecular complexity index is 653. The summed E-state index contributed by atoms with van der Waals surface area (Å²) in [4.78, 5) is 28.8. The molecular weight excluding hydrogens is 332 g/mol. The summed E-state index contributed by atoms with van der Waals surface area (Å²) in [6.45, 7) is 2.88. The third-order valence-electron chi connectivity index (χ3n) is 4.99. The molecule has 1 heterocycles. The molecule has 1 aromatic heterocycles. The lowest BCUT2D eigenvalue weighted by Gasteiger charge is -2.16. The highest BCUT2D eigenvalue weighted by Gasteiger charge is 2.28. The second-order valence-corrected chi connectivity index (χ2v) is 7.36. The summed E-state index contributed by atoms with van der Waals surface area (Å²) in [6, 6.07) is 1.96. The highest BCUT2D eigenvalue weighted by Crippen LogP contribution is 2.41. The number of methoxy groups -OCH3 is 1. The van der Waals surface area contributed by atoms with E-state index in [9.17, 15) is 9.59 Å². The fourth-order valence-electron chi connectivity index (χ4n) is 2.99. The highest BCUT2D eigenvalue weighted by atomic mass is 16.5. The minimum Gasteiger partial charge on any atom is -0.491 e. The van der Waals surface area contributed by atoms with Crippen molar-refractivity contribution < 1.29 is 19.1 Å². The molecule has 2 saturated carbocycles. The SMILES string of the molecule is CCC[C@@H](CNC(=O)c1ncc(C2CC2)cc1OCC1CC1)C(=O)OC. The van der Waals surface area contributed by atoms with Crippen molar-refractivity contribution in [3.63, 3.8) is 0 Å². The molecule has 0 saturated heterocycles. The Hall–Kier alpha value is -2.11. The van der Waals surface area contributed by atoms with E-state index < -0.39 is 0 Å². The van der Waals surface area contributed by atoms with Crippen molar-refractivity contribution >= 4 is 11.9 Å². The van der Waals surface area contributed by atoms with Gasteiger partial charge >= 0.3 is 5.97 Å².